The highest BCUT2D eigenvalue weighted by Crippen LogP contribution is 2.45. The van der Waals surface area contributed by atoms with Gasteiger partial charge in [-0.15, -0.1) is 0 Å². The van der Waals surface area contributed by atoms with E-state index in [1.165, 1.54) is 0 Å². The van der Waals surface area contributed by atoms with Crippen molar-refractivity contribution in [2.24, 2.45) is 20.7 Å². The van der Waals surface area contributed by atoms with Crippen molar-refractivity contribution in [1.29, 1.82) is 0 Å². The van der Waals surface area contributed by atoms with Gasteiger partial charge >= 0.3 is 13.1 Å². The molecule has 0 spiro atoms. The summed E-state index contributed by atoms with van der Waals surface area (Å²) in [6, 6.07) is 0. The number of alkyl halides is 1. The molecular weight excluding hydrogens is 198 g/mol. The van der Waals surface area contributed by atoms with Gasteiger partial charge in [0.25, 0.3) is 0 Å². The van der Waals surface area contributed by atoms with Crippen LogP contribution < -0.4 is 0 Å². The number of hydrogen-bond donors (Lipinski definition) is 2. The maximum Gasteiger partial charge on any atom is 0.474 e. The fraction of sp³-hybridized carbons (Fsp3) is 1.00. The van der Waals surface area contributed by atoms with Crippen molar-refractivity contribution in [2.45, 2.75) is 5.31 Å². The van der Waals surface area contributed by atoms with E-state index in [0.717, 1.165) is 0 Å². The molecule has 0 bridgehead atoms. The number of rotatable bonds is 2. The summed E-state index contributed by atoms with van der Waals surface area (Å²) in [6.07, 6.45) is 0. The van der Waals surface area contributed by atoms with Crippen LogP contribution in [0.25, 0.3) is 0 Å². The third-order valence-corrected chi connectivity index (χ3v) is 1.44. The topological polar surface area (TPSA) is 116 Å². The molecule has 0 unspecified atom stereocenters. The highest BCUT2D eigenvalue weighted by atomic mass is 35.5. The van der Waals surface area contributed by atoms with Crippen LogP contribution in [0.1, 0.15) is 0 Å². The Morgan fingerprint density at radius 1 is 1.36 bits per heavy atom. The zero-order chi connectivity index (χ0) is 8.54. The fourth-order valence-electron chi connectivity index (χ4n) is 0.358. The zero-order valence-electron chi connectivity index (χ0n) is 4.82. The predicted molar refractivity (Wildman–Crippen MR) is 31.4 cm³/mol. The molecule has 0 aromatic carbocycles. The van der Waals surface area contributed by atoms with E-state index in [2.05, 4.69) is 25.2 Å². The Morgan fingerprint density at radius 3 is 2.18 bits per heavy atom. The molecule has 0 aromatic rings. The number of hydrogen-bond acceptors (Lipinski definition) is 6. The summed E-state index contributed by atoms with van der Waals surface area (Å²) < 4.78 is 14.1. The van der Waals surface area contributed by atoms with E-state index >= 15 is 0 Å². The van der Waals surface area contributed by atoms with Crippen LogP contribution in [0, 0.1) is 0 Å². The molecule has 0 fully saturated rings. The van der Waals surface area contributed by atoms with Crippen LogP contribution in [0.2, 0.25) is 0 Å². The van der Waals surface area contributed by atoms with Crippen LogP contribution >= 0.6 is 19.4 Å². The summed E-state index contributed by atoms with van der Waals surface area (Å²) in [6.45, 7) is 0. The summed E-state index contributed by atoms with van der Waals surface area (Å²) in [5.74, 6) is 0. The van der Waals surface area contributed by atoms with Crippen LogP contribution in [0.4, 0.5) is 0 Å². The van der Waals surface area contributed by atoms with Crippen molar-refractivity contribution >= 4 is 19.4 Å². The van der Waals surface area contributed by atoms with E-state index in [1.807, 2.05) is 0 Å². The maximum atomic E-state index is 10.2. The molecule has 0 aliphatic carbocycles. The molecule has 8 nitrogen and oxygen atoms in total. The Labute approximate surface area is 65.2 Å². The van der Waals surface area contributed by atoms with Crippen LogP contribution in [-0.2, 0) is 9.09 Å². The lowest BCUT2D eigenvalue weighted by molar-refractivity contribution is 0.112. The quantitative estimate of drug-likeness (QED) is 0.389. The van der Waals surface area contributed by atoms with Gasteiger partial charge in [-0.05, 0) is 22.0 Å². The van der Waals surface area contributed by atoms with E-state index < -0.39 is 13.1 Å². The lowest BCUT2D eigenvalue weighted by Crippen LogP contribution is -2.15. The molecule has 1 heterocycles. The molecule has 0 radical (unpaired) electrons. The van der Waals surface area contributed by atoms with Gasteiger partial charge in [0.15, 0.2) is 0 Å². The number of halogens is 1. The summed E-state index contributed by atoms with van der Waals surface area (Å²) in [5.41, 5.74) is 0. The van der Waals surface area contributed by atoms with E-state index in [0.29, 0.717) is 0 Å². The number of phosphoric ester groups is 1. The molecular formula is CH2ClN4O4P. The molecule has 0 amide bonds. The summed E-state index contributed by atoms with van der Waals surface area (Å²) in [5, 5.41) is 9.60. The van der Waals surface area contributed by atoms with Crippen molar-refractivity contribution in [3.63, 3.8) is 0 Å². The standard InChI is InChI=1S/CH2ClN4O4P/c2-1(3-5-6-4-1)10-11(7,8)9/h(H2,7,8,9). The van der Waals surface area contributed by atoms with Gasteiger partial charge in [0, 0.05) is 0 Å². The largest absolute Gasteiger partial charge is 0.474 e. The van der Waals surface area contributed by atoms with E-state index in [1.54, 1.807) is 0 Å². The van der Waals surface area contributed by atoms with Gasteiger partial charge in [0.1, 0.15) is 0 Å². The first kappa shape index (κ1) is 8.69. The average Bonchev–Trinajstić information content (AvgIpc) is 2.09. The van der Waals surface area contributed by atoms with Gasteiger partial charge in [0.2, 0.25) is 0 Å². The molecule has 1 aliphatic heterocycles. The smallest absolute Gasteiger partial charge is 0.303 e. The van der Waals surface area contributed by atoms with Crippen molar-refractivity contribution in [1.82, 2.24) is 0 Å². The van der Waals surface area contributed by atoms with Crippen molar-refractivity contribution < 1.29 is 18.9 Å². The predicted octanol–water partition coefficient (Wildman–Crippen LogP) is 0.779. The van der Waals surface area contributed by atoms with Crippen molar-refractivity contribution in [2.75, 3.05) is 0 Å². The lowest BCUT2D eigenvalue weighted by atomic mass is 11.1. The SMILES string of the molecule is O=P(O)(O)OC1(Cl)N=NN=N1. The number of phosphoric acid groups is 1. The monoisotopic (exact) mass is 200 g/mol. The normalized spacial score (nSPS) is 21.0. The molecule has 62 valence electrons. The van der Waals surface area contributed by atoms with E-state index in [-0.39, 0.29) is 0 Å². The Bertz CT molecular complexity index is 245. The van der Waals surface area contributed by atoms with Crippen molar-refractivity contribution in [3.8, 4) is 0 Å². The van der Waals surface area contributed by atoms with Gasteiger partial charge < -0.3 is 9.79 Å². The maximum absolute atomic E-state index is 10.2. The fourth-order valence-corrected chi connectivity index (χ4v) is 1.07. The molecule has 1 rings (SSSR count). The minimum absolute atomic E-state index is 2.20. The second-order valence-corrected chi connectivity index (χ2v) is 3.15. The lowest BCUT2D eigenvalue weighted by Gasteiger charge is -2.11. The third-order valence-electron chi connectivity index (χ3n) is 0.611. The molecule has 0 saturated heterocycles. The van der Waals surface area contributed by atoms with E-state index in [4.69, 9.17) is 21.4 Å². The highest BCUT2D eigenvalue weighted by Gasteiger charge is 2.39. The highest BCUT2D eigenvalue weighted by molar-refractivity contribution is 7.46. The molecule has 0 saturated carbocycles. The van der Waals surface area contributed by atoms with Gasteiger partial charge in [-0.2, -0.15) is 0 Å². The third kappa shape index (κ3) is 2.60. The molecule has 11 heavy (non-hydrogen) atoms. The summed E-state index contributed by atoms with van der Waals surface area (Å²) >= 11 is 5.22. The first-order valence-electron chi connectivity index (χ1n) is 2.21. The van der Waals surface area contributed by atoms with Crippen LogP contribution in [0.15, 0.2) is 20.7 Å². The molecule has 2 N–H and O–H groups in total. The second-order valence-electron chi connectivity index (χ2n) is 1.49. The Kier molecular flexibility index (Phi) is 2.04. The molecule has 0 atom stereocenters. The summed E-state index contributed by atoms with van der Waals surface area (Å²) in [4.78, 5) is 16.5. The van der Waals surface area contributed by atoms with Crippen LogP contribution in [0.3, 0.4) is 0 Å². The molecule has 1 aliphatic rings. The van der Waals surface area contributed by atoms with Gasteiger partial charge in [-0.3, -0.25) is 0 Å². The van der Waals surface area contributed by atoms with Crippen LogP contribution in [-0.4, -0.2) is 15.1 Å². The Morgan fingerprint density at radius 2 is 1.82 bits per heavy atom. The van der Waals surface area contributed by atoms with E-state index in [9.17, 15) is 4.57 Å². The first-order chi connectivity index (χ1) is 4.91. The van der Waals surface area contributed by atoms with Gasteiger partial charge in [-0.1, -0.05) is 10.2 Å². The Balaban J connectivity index is 2.70. The average molecular weight is 200 g/mol. The summed E-state index contributed by atoms with van der Waals surface area (Å²) in [7, 11) is -4.72. The van der Waals surface area contributed by atoms with Crippen LogP contribution in [0.5, 0.6) is 0 Å². The molecule has 0 aromatic heterocycles. The van der Waals surface area contributed by atoms with Crippen molar-refractivity contribution in [3.05, 3.63) is 0 Å². The van der Waals surface area contributed by atoms with Gasteiger partial charge in [0.05, 0.1) is 0 Å². The molecule has 10 heteroatoms. The Hall–Kier alpha value is -0.400. The van der Waals surface area contributed by atoms with Gasteiger partial charge in [-0.25, -0.2) is 9.09 Å². The first-order valence-corrected chi connectivity index (χ1v) is 4.11. The minimum atomic E-state index is -4.72. The zero-order valence-corrected chi connectivity index (χ0v) is 6.48. The minimum Gasteiger partial charge on any atom is -0.303 e. The second kappa shape index (κ2) is 2.58. The number of nitrogens with zero attached hydrogens (tertiary/aromatic N) is 4.